The van der Waals surface area contributed by atoms with Crippen molar-refractivity contribution >= 4 is 0 Å². The molecular formula is C18H26FN3O. The monoisotopic (exact) mass is 319 g/mol. The fraction of sp³-hybridized carbons (Fsp3) is 0.500. The molecule has 0 spiro atoms. The van der Waals surface area contributed by atoms with Gasteiger partial charge in [-0.15, -0.1) is 0 Å². The summed E-state index contributed by atoms with van der Waals surface area (Å²) < 4.78 is 14.8. The molecule has 1 atom stereocenters. The van der Waals surface area contributed by atoms with Gasteiger partial charge in [-0.2, -0.15) is 5.10 Å². The van der Waals surface area contributed by atoms with Crippen molar-refractivity contribution in [2.75, 3.05) is 13.1 Å². The molecule has 0 amide bonds. The van der Waals surface area contributed by atoms with Crippen LogP contribution in [0.4, 0.5) is 4.39 Å². The Kier molecular flexibility index (Phi) is 5.91. The lowest BCUT2D eigenvalue weighted by atomic mass is 10.1. The van der Waals surface area contributed by atoms with Crippen molar-refractivity contribution < 1.29 is 9.50 Å². The van der Waals surface area contributed by atoms with Gasteiger partial charge in [0.25, 0.3) is 0 Å². The van der Waals surface area contributed by atoms with E-state index in [-0.39, 0.29) is 5.82 Å². The molecule has 1 N–H and O–H groups in total. The van der Waals surface area contributed by atoms with Crippen molar-refractivity contribution in [2.45, 2.75) is 33.4 Å². The van der Waals surface area contributed by atoms with E-state index in [0.29, 0.717) is 12.5 Å². The van der Waals surface area contributed by atoms with Crippen LogP contribution in [0.15, 0.2) is 30.5 Å². The SMILES string of the molecule is Cc1nn(C)cc1CN(CC(C)C)CC(O)c1ccc(F)cc1. The van der Waals surface area contributed by atoms with Gasteiger partial charge in [0.15, 0.2) is 0 Å². The zero-order valence-electron chi connectivity index (χ0n) is 14.3. The zero-order valence-corrected chi connectivity index (χ0v) is 14.3. The minimum Gasteiger partial charge on any atom is -0.387 e. The quantitative estimate of drug-likeness (QED) is 0.853. The molecule has 0 aliphatic carbocycles. The number of benzene rings is 1. The van der Waals surface area contributed by atoms with E-state index in [1.165, 1.54) is 17.7 Å². The third-order valence-corrected chi connectivity index (χ3v) is 3.82. The van der Waals surface area contributed by atoms with Crippen LogP contribution in [0.5, 0.6) is 0 Å². The Balaban J connectivity index is 2.08. The second-order valence-corrected chi connectivity index (χ2v) is 6.57. The van der Waals surface area contributed by atoms with E-state index in [2.05, 4.69) is 23.8 Å². The summed E-state index contributed by atoms with van der Waals surface area (Å²) in [5.74, 6) is 0.207. The minimum absolute atomic E-state index is 0.286. The van der Waals surface area contributed by atoms with Gasteiger partial charge in [-0.05, 0) is 30.5 Å². The number of aromatic nitrogens is 2. The molecule has 0 aliphatic rings. The van der Waals surface area contributed by atoms with E-state index in [1.54, 1.807) is 12.1 Å². The smallest absolute Gasteiger partial charge is 0.123 e. The Bertz CT molecular complexity index is 622. The average molecular weight is 319 g/mol. The molecule has 126 valence electrons. The molecule has 23 heavy (non-hydrogen) atoms. The highest BCUT2D eigenvalue weighted by Crippen LogP contribution is 2.18. The standard InChI is InChI=1S/C18H26FN3O/c1-13(2)9-22(11-16-10-21(4)20-14(16)3)12-18(23)15-5-7-17(19)8-6-15/h5-8,10,13,18,23H,9,11-12H2,1-4H3. The lowest BCUT2D eigenvalue weighted by molar-refractivity contribution is 0.102. The molecule has 0 radical (unpaired) electrons. The van der Waals surface area contributed by atoms with E-state index in [9.17, 15) is 9.50 Å². The predicted molar refractivity (Wildman–Crippen MR) is 89.4 cm³/mol. The maximum absolute atomic E-state index is 13.0. The van der Waals surface area contributed by atoms with Crippen molar-refractivity contribution in [3.63, 3.8) is 0 Å². The van der Waals surface area contributed by atoms with Crippen LogP contribution in [0.25, 0.3) is 0 Å². The molecule has 0 bridgehead atoms. The number of aliphatic hydroxyl groups excluding tert-OH is 1. The lowest BCUT2D eigenvalue weighted by Crippen LogP contribution is -2.31. The van der Waals surface area contributed by atoms with Crippen molar-refractivity contribution in [3.8, 4) is 0 Å². The molecule has 0 saturated heterocycles. The third-order valence-electron chi connectivity index (χ3n) is 3.82. The van der Waals surface area contributed by atoms with Gasteiger partial charge in [-0.3, -0.25) is 9.58 Å². The Morgan fingerprint density at radius 3 is 2.39 bits per heavy atom. The fourth-order valence-corrected chi connectivity index (χ4v) is 2.80. The second kappa shape index (κ2) is 7.70. The summed E-state index contributed by atoms with van der Waals surface area (Å²) in [5, 5.41) is 14.8. The van der Waals surface area contributed by atoms with Gasteiger partial charge >= 0.3 is 0 Å². The first-order valence-corrected chi connectivity index (χ1v) is 8.00. The van der Waals surface area contributed by atoms with Gasteiger partial charge in [0.2, 0.25) is 0 Å². The van der Waals surface area contributed by atoms with E-state index in [4.69, 9.17) is 0 Å². The predicted octanol–water partition coefficient (Wildman–Crippen LogP) is 3.06. The number of halogens is 1. The summed E-state index contributed by atoms with van der Waals surface area (Å²) in [6.45, 7) is 8.46. The summed E-state index contributed by atoms with van der Waals surface area (Å²) >= 11 is 0. The molecule has 4 nitrogen and oxygen atoms in total. The highest BCUT2D eigenvalue weighted by molar-refractivity contribution is 5.19. The van der Waals surface area contributed by atoms with E-state index in [1.807, 2.05) is 24.9 Å². The number of rotatable bonds is 7. The Labute approximate surface area is 137 Å². The van der Waals surface area contributed by atoms with Crippen LogP contribution >= 0.6 is 0 Å². The molecule has 1 unspecified atom stereocenters. The molecule has 1 aromatic heterocycles. The average Bonchev–Trinajstić information content (AvgIpc) is 2.76. The summed E-state index contributed by atoms with van der Waals surface area (Å²) in [4.78, 5) is 2.22. The van der Waals surface area contributed by atoms with Crippen molar-refractivity contribution in [1.82, 2.24) is 14.7 Å². The van der Waals surface area contributed by atoms with Gasteiger partial charge in [-0.25, -0.2) is 4.39 Å². The van der Waals surface area contributed by atoms with Crippen LogP contribution in [0.3, 0.4) is 0 Å². The molecule has 1 heterocycles. The van der Waals surface area contributed by atoms with Crippen LogP contribution in [0.1, 0.15) is 36.8 Å². The van der Waals surface area contributed by atoms with Crippen LogP contribution in [0, 0.1) is 18.7 Å². The number of hydrogen-bond donors (Lipinski definition) is 1. The lowest BCUT2D eigenvalue weighted by Gasteiger charge is -2.26. The molecule has 5 heteroatoms. The molecule has 0 aliphatic heterocycles. The first-order valence-electron chi connectivity index (χ1n) is 8.00. The first kappa shape index (κ1) is 17.6. The molecule has 1 aromatic carbocycles. The Morgan fingerprint density at radius 2 is 1.87 bits per heavy atom. The number of aliphatic hydroxyl groups is 1. The minimum atomic E-state index is -0.633. The van der Waals surface area contributed by atoms with Crippen molar-refractivity contribution in [3.05, 3.63) is 53.1 Å². The fourth-order valence-electron chi connectivity index (χ4n) is 2.80. The van der Waals surface area contributed by atoms with Crippen LogP contribution < -0.4 is 0 Å². The third kappa shape index (κ3) is 5.15. The van der Waals surface area contributed by atoms with Gasteiger partial charge < -0.3 is 5.11 Å². The van der Waals surface area contributed by atoms with Gasteiger partial charge in [-0.1, -0.05) is 26.0 Å². The van der Waals surface area contributed by atoms with Crippen LogP contribution in [0.2, 0.25) is 0 Å². The Morgan fingerprint density at radius 1 is 1.22 bits per heavy atom. The molecule has 0 saturated carbocycles. The number of nitrogens with zero attached hydrogens (tertiary/aromatic N) is 3. The highest BCUT2D eigenvalue weighted by Gasteiger charge is 2.17. The molecular weight excluding hydrogens is 293 g/mol. The van der Waals surface area contributed by atoms with E-state index >= 15 is 0 Å². The van der Waals surface area contributed by atoms with Crippen LogP contribution in [-0.2, 0) is 13.6 Å². The van der Waals surface area contributed by atoms with E-state index < -0.39 is 6.10 Å². The molecule has 2 rings (SSSR count). The number of aryl methyl sites for hydroxylation is 2. The van der Waals surface area contributed by atoms with Crippen molar-refractivity contribution in [1.29, 1.82) is 0 Å². The summed E-state index contributed by atoms with van der Waals surface area (Å²) in [6.07, 6.45) is 1.39. The zero-order chi connectivity index (χ0) is 17.0. The second-order valence-electron chi connectivity index (χ2n) is 6.57. The Hall–Kier alpha value is -1.72. The van der Waals surface area contributed by atoms with Gasteiger partial charge in [0.1, 0.15) is 5.82 Å². The normalized spacial score (nSPS) is 13.0. The van der Waals surface area contributed by atoms with E-state index in [0.717, 1.165) is 24.3 Å². The van der Waals surface area contributed by atoms with Crippen molar-refractivity contribution in [2.24, 2.45) is 13.0 Å². The largest absolute Gasteiger partial charge is 0.387 e. The maximum Gasteiger partial charge on any atom is 0.123 e. The number of hydrogen-bond acceptors (Lipinski definition) is 3. The highest BCUT2D eigenvalue weighted by atomic mass is 19.1. The summed E-state index contributed by atoms with van der Waals surface area (Å²) in [6, 6.07) is 6.05. The van der Waals surface area contributed by atoms with Crippen LogP contribution in [-0.4, -0.2) is 32.9 Å². The van der Waals surface area contributed by atoms with Gasteiger partial charge in [0, 0.05) is 38.4 Å². The van der Waals surface area contributed by atoms with Gasteiger partial charge in [0.05, 0.1) is 11.8 Å². The maximum atomic E-state index is 13.0. The molecule has 2 aromatic rings. The summed E-state index contributed by atoms with van der Waals surface area (Å²) in [7, 11) is 1.91. The topological polar surface area (TPSA) is 41.3 Å². The molecule has 0 fully saturated rings. The summed E-state index contributed by atoms with van der Waals surface area (Å²) in [5.41, 5.74) is 2.92. The first-order chi connectivity index (χ1) is 10.8.